The van der Waals surface area contributed by atoms with E-state index in [4.69, 9.17) is 4.74 Å². The molecule has 0 bridgehead atoms. The molecule has 1 aliphatic heterocycles. The van der Waals surface area contributed by atoms with Crippen LogP contribution in [0.1, 0.15) is 66.7 Å². The highest BCUT2D eigenvalue weighted by Gasteiger charge is 2.45. The predicted octanol–water partition coefficient (Wildman–Crippen LogP) is 1.96. The molecule has 2 atom stereocenters. The van der Waals surface area contributed by atoms with Gasteiger partial charge in [-0.1, -0.05) is 25.3 Å². The first-order valence-corrected chi connectivity index (χ1v) is 9.88. The van der Waals surface area contributed by atoms with E-state index in [1.807, 2.05) is 0 Å². The molecule has 0 spiro atoms. The van der Waals surface area contributed by atoms with Crippen LogP contribution in [0.2, 0.25) is 0 Å². The summed E-state index contributed by atoms with van der Waals surface area (Å²) in [4.78, 5) is 61.2. The van der Waals surface area contributed by atoms with Crippen LogP contribution in [0.5, 0.6) is 0 Å². The highest BCUT2D eigenvalue weighted by atomic mass is 16.6. The Labute approximate surface area is 172 Å². The van der Waals surface area contributed by atoms with E-state index >= 15 is 0 Å². The molecule has 0 unspecified atom stereocenters. The molecule has 3 rings (SSSR count). The zero-order chi connectivity index (χ0) is 22.0. The summed E-state index contributed by atoms with van der Waals surface area (Å²) in [6, 6.07) is 2.41. The van der Waals surface area contributed by atoms with Crippen LogP contribution in [-0.4, -0.2) is 51.7 Å². The summed E-state index contributed by atoms with van der Waals surface area (Å²) >= 11 is 0. The maximum Gasteiger partial charge on any atom is 0.329 e. The van der Waals surface area contributed by atoms with Gasteiger partial charge in [-0.2, -0.15) is 0 Å². The average Bonchev–Trinajstić information content (AvgIpc) is 2.98. The Bertz CT molecular complexity index is 908. The largest absolute Gasteiger partial charge is 0.451 e. The van der Waals surface area contributed by atoms with Crippen molar-refractivity contribution in [2.75, 3.05) is 0 Å². The lowest BCUT2D eigenvalue weighted by atomic mass is 9.95. The molecule has 1 heterocycles. The van der Waals surface area contributed by atoms with Crippen LogP contribution in [0.4, 0.5) is 5.69 Å². The molecule has 10 heteroatoms. The molecule has 1 N–H and O–H groups in total. The van der Waals surface area contributed by atoms with E-state index in [2.05, 4.69) is 5.32 Å². The number of nitrogens with one attached hydrogen (secondary N) is 1. The Balaban J connectivity index is 1.68. The third-order valence-electron chi connectivity index (χ3n) is 5.46. The Morgan fingerprint density at radius 3 is 2.47 bits per heavy atom. The van der Waals surface area contributed by atoms with Crippen LogP contribution in [0.15, 0.2) is 18.2 Å². The number of rotatable bonds is 6. The summed E-state index contributed by atoms with van der Waals surface area (Å²) < 4.78 is 5.17. The minimum atomic E-state index is -1.35. The number of nitro groups is 1. The topological polar surface area (TPSA) is 136 Å². The fourth-order valence-corrected chi connectivity index (χ4v) is 3.79. The zero-order valence-electron chi connectivity index (χ0n) is 16.8. The first-order valence-electron chi connectivity index (χ1n) is 9.88. The van der Waals surface area contributed by atoms with Gasteiger partial charge in [0, 0.05) is 12.1 Å². The number of amides is 3. The van der Waals surface area contributed by atoms with E-state index in [9.17, 15) is 29.3 Å². The van der Waals surface area contributed by atoms with Gasteiger partial charge in [-0.05, 0) is 32.8 Å². The first kappa shape index (κ1) is 21.4. The van der Waals surface area contributed by atoms with Gasteiger partial charge in [0.2, 0.25) is 0 Å². The number of imide groups is 1. The van der Waals surface area contributed by atoms with Crippen molar-refractivity contribution in [3.63, 3.8) is 0 Å². The van der Waals surface area contributed by atoms with Crippen LogP contribution in [0, 0.1) is 10.1 Å². The summed E-state index contributed by atoms with van der Waals surface area (Å²) in [5.41, 5.74) is -0.999. The molecule has 1 aromatic carbocycles. The number of carbonyl (C=O) groups is 4. The Kier molecular flexibility index (Phi) is 6.14. The SMILES string of the molecule is C[C@H](C(=O)O[C@H](C)C(=O)NC1CCCCC1)N1C(=O)c2cccc([N+](=O)[O-])c2C1=O. The molecule has 1 aromatic rings. The maximum atomic E-state index is 12.7. The van der Waals surface area contributed by atoms with E-state index in [0.29, 0.717) is 4.90 Å². The first-order chi connectivity index (χ1) is 14.2. The number of hydrogen-bond donors (Lipinski definition) is 1. The second-order valence-electron chi connectivity index (χ2n) is 7.54. The lowest BCUT2D eigenvalue weighted by Crippen LogP contribution is -2.47. The van der Waals surface area contributed by atoms with Crippen molar-refractivity contribution >= 4 is 29.4 Å². The molecule has 30 heavy (non-hydrogen) atoms. The van der Waals surface area contributed by atoms with Crippen molar-refractivity contribution in [2.24, 2.45) is 0 Å². The van der Waals surface area contributed by atoms with Crippen LogP contribution in [-0.2, 0) is 14.3 Å². The summed E-state index contributed by atoms with van der Waals surface area (Å²) in [6.45, 7) is 2.69. The van der Waals surface area contributed by atoms with Gasteiger partial charge in [0.15, 0.2) is 6.10 Å². The quantitative estimate of drug-likeness (QED) is 0.323. The van der Waals surface area contributed by atoms with Crippen molar-refractivity contribution in [3.8, 4) is 0 Å². The van der Waals surface area contributed by atoms with E-state index < -0.39 is 46.4 Å². The molecule has 0 radical (unpaired) electrons. The molecule has 0 aromatic heterocycles. The summed E-state index contributed by atoms with van der Waals surface area (Å²) in [7, 11) is 0. The monoisotopic (exact) mass is 417 g/mol. The average molecular weight is 417 g/mol. The number of ether oxygens (including phenoxy) is 1. The molecular formula is C20H23N3O7. The van der Waals surface area contributed by atoms with Gasteiger partial charge in [-0.3, -0.25) is 29.4 Å². The van der Waals surface area contributed by atoms with Crippen LogP contribution in [0.25, 0.3) is 0 Å². The molecule has 1 fully saturated rings. The number of nitrogens with zero attached hydrogens (tertiary/aromatic N) is 2. The van der Waals surface area contributed by atoms with Gasteiger partial charge in [-0.15, -0.1) is 0 Å². The highest BCUT2D eigenvalue weighted by Crippen LogP contribution is 2.32. The summed E-state index contributed by atoms with van der Waals surface area (Å²) in [6.07, 6.45) is 3.83. The second-order valence-corrected chi connectivity index (χ2v) is 7.54. The Hall–Kier alpha value is -3.30. The number of fused-ring (bicyclic) bond motifs is 1. The van der Waals surface area contributed by atoms with Gasteiger partial charge in [0.05, 0.1) is 10.5 Å². The lowest BCUT2D eigenvalue weighted by Gasteiger charge is -2.26. The van der Waals surface area contributed by atoms with E-state index in [1.54, 1.807) is 0 Å². The number of nitro benzene ring substituents is 1. The third-order valence-corrected chi connectivity index (χ3v) is 5.46. The van der Waals surface area contributed by atoms with Gasteiger partial charge < -0.3 is 10.1 Å². The van der Waals surface area contributed by atoms with Crippen LogP contribution < -0.4 is 5.32 Å². The Morgan fingerprint density at radius 2 is 1.83 bits per heavy atom. The predicted molar refractivity (Wildman–Crippen MR) is 104 cm³/mol. The van der Waals surface area contributed by atoms with Crippen LogP contribution >= 0.6 is 0 Å². The zero-order valence-corrected chi connectivity index (χ0v) is 16.8. The lowest BCUT2D eigenvalue weighted by molar-refractivity contribution is -0.385. The van der Waals surface area contributed by atoms with Gasteiger partial charge in [-0.25, -0.2) is 4.79 Å². The van der Waals surface area contributed by atoms with Crippen molar-refractivity contribution in [1.82, 2.24) is 10.2 Å². The normalized spacial score (nSPS) is 18.5. The maximum absolute atomic E-state index is 12.7. The van der Waals surface area contributed by atoms with Crippen molar-refractivity contribution in [2.45, 2.75) is 64.1 Å². The second kappa shape index (κ2) is 8.60. The molecule has 1 saturated carbocycles. The van der Waals surface area contributed by atoms with Crippen LogP contribution in [0.3, 0.4) is 0 Å². The summed E-state index contributed by atoms with van der Waals surface area (Å²) in [5, 5.41) is 14.0. The number of carbonyl (C=O) groups excluding carboxylic acids is 4. The molecule has 3 amide bonds. The smallest absolute Gasteiger partial charge is 0.329 e. The third kappa shape index (κ3) is 4.03. The number of esters is 1. The molecule has 0 saturated heterocycles. The van der Waals surface area contributed by atoms with Crippen molar-refractivity contribution < 1.29 is 28.8 Å². The van der Waals surface area contributed by atoms with Crippen molar-refractivity contribution in [3.05, 3.63) is 39.4 Å². The number of benzene rings is 1. The molecular weight excluding hydrogens is 394 g/mol. The summed E-state index contributed by atoms with van der Waals surface area (Å²) in [5.74, 6) is -3.15. The van der Waals surface area contributed by atoms with E-state index in [-0.39, 0.29) is 17.2 Å². The van der Waals surface area contributed by atoms with Crippen molar-refractivity contribution in [1.29, 1.82) is 0 Å². The minimum Gasteiger partial charge on any atom is -0.451 e. The molecule has 10 nitrogen and oxygen atoms in total. The highest BCUT2D eigenvalue weighted by molar-refractivity contribution is 6.24. The van der Waals surface area contributed by atoms with E-state index in [0.717, 1.165) is 38.2 Å². The van der Waals surface area contributed by atoms with Gasteiger partial charge >= 0.3 is 5.97 Å². The fraction of sp³-hybridized carbons (Fsp3) is 0.500. The van der Waals surface area contributed by atoms with E-state index in [1.165, 1.54) is 26.0 Å². The molecule has 160 valence electrons. The Morgan fingerprint density at radius 1 is 1.17 bits per heavy atom. The standard InChI is InChI=1S/C20H23N3O7/c1-11(20(27)30-12(2)17(24)21-13-7-4-3-5-8-13)22-18(25)14-9-6-10-15(23(28)29)16(14)19(22)26/h6,9-13H,3-5,7-8H2,1-2H3,(H,21,24)/t11-,12-/m1/s1. The molecule has 2 aliphatic rings. The fourth-order valence-electron chi connectivity index (χ4n) is 3.79. The molecule has 1 aliphatic carbocycles. The minimum absolute atomic E-state index is 0.0432. The van der Waals surface area contributed by atoms with Gasteiger partial charge in [0.25, 0.3) is 23.4 Å². The van der Waals surface area contributed by atoms with Gasteiger partial charge in [0.1, 0.15) is 11.6 Å². The number of hydrogen-bond acceptors (Lipinski definition) is 7.